The van der Waals surface area contributed by atoms with E-state index in [1.54, 1.807) is 30.5 Å². The number of thiazole rings is 1. The summed E-state index contributed by atoms with van der Waals surface area (Å²) in [7, 11) is -5.02. The number of carbonyl (C=O) groups is 3. The number of β-lactam (4-membered cyclic amide) rings is 1. The minimum absolute atomic E-state index is 0.0562. The minimum Gasteiger partial charge on any atom is -0.489 e. The van der Waals surface area contributed by atoms with Gasteiger partial charge in [0.15, 0.2) is 10.8 Å². The van der Waals surface area contributed by atoms with Gasteiger partial charge in [0.05, 0.1) is 5.54 Å². The van der Waals surface area contributed by atoms with Crippen LogP contribution in [0.5, 0.6) is 5.75 Å². The van der Waals surface area contributed by atoms with E-state index in [9.17, 15) is 27.9 Å². The molecule has 0 spiro atoms. The maximum Gasteiger partial charge on any atom is 0.418 e. The molecular weight excluding hydrogens is 660 g/mol. The Bertz CT molecular complexity index is 1750. The Labute approximate surface area is 272 Å². The number of rotatable bonds is 16. The average molecular weight is 693 g/mol. The number of nitrogens with zero attached hydrogens (tertiary/aromatic N) is 4. The van der Waals surface area contributed by atoms with Gasteiger partial charge in [0.1, 0.15) is 29.9 Å². The molecule has 1 aliphatic rings. The smallest absolute Gasteiger partial charge is 0.418 e. The van der Waals surface area contributed by atoms with E-state index in [1.807, 2.05) is 12.1 Å². The molecule has 1 fully saturated rings. The monoisotopic (exact) mass is 692 g/mol. The Morgan fingerprint density at radius 2 is 1.94 bits per heavy atom. The van der Waals surface area contributed by atoms with Crippen LogP contribution in [0.1, 0.15) is 26.0 Å². The molecule has 47 heavy (non-hydrogen) atoms. The number of benzene rings is 1. The zero-order chi connectivity index (χ0) is 34.4. The normalized spacial score (nSPS) is 16.6. The molecule has 20 heteroatoms. The van der Waals surface area contributed by atoms with Crippen molar-refractivity contribution in [2.45, 2.75) is 38.0 Å². The summed E-state index contributed by atoms with van der Waals surface area (Å²) >= 11 is 0.956. The quantitative estimate of drug-likeness (QED) is 0.0395. The van der Waals surface area contributed by atoms with Crippen molar-refractivity contribution in [1.29, 1.82) is 0 Å². The SMILES string of the molecule is CC1(C)C(NC(=O)/C(=N\O[C@@H](COc2ccc(-c3ccnc(NCCCN)c3)cc2)C(=O)O)c2csc(N)n2)C(=O)N1OS(=O)(=O)O. The fourth-order valence-corrected chi connectivity index (χ4v) is 5.23. The van der Waals surface area contributed by atoms with E-state index < -0.39 is 58.2 Å². The van der Waals surface area contributed by atoms with Crippen LogP contribution >= 0.6 is 11.3 Å². The number of hydrogen-bond donors (Lipinski definition) is 6. The molecule has 18 nitrogen and oxygen atoms in total. The third kappa shape index (κ3) is 8.89. The molecule has 8 N–H and O–H groups in total. The van der Waals surface area contributed by atoms with E-state index in [-0.39, 0.29) is 10.8 Å². The van der Waals surface area contributed by atoms with Gasteiger partial charge in [-0.15, -0.1) is 15.6 Å². The van der Waals surface area contributed by atoms with E-state index in [0.717, 1.165) is 28.9 Å². The Morgan fingerprint density at radius 3 is 2.53 bits per heavy atom. The molecule has 0 saturated carbocycles. The number of nitrogen functional groups attached to an aromatic ring is 1. The van der Waals surface area contributed by atoms with E-state index in [4.69, 9.17) is 25.6 Å². The van der Waals surface area contributed by atoms with Gasteiger partial charge < -0.3 is 36.8 Å². The molecule has 3 heterocycles. The Hall–Kier alpha value is -4.89. The molecule has 2 amide bonds. The topological polar surface area (TPSA) is 271 Å². The Balaban J connectivity index is 1.43. The number of carboxylic acid groups (broad SMARTS) is 1. The van der Waals surface area contributed by atoms with Crippen molar-refractivity contribution < 1.29 is 46.3 Å². The van der Waals surface area contributed by atoms with Crippen molar-refractivity contribution in [2.75, 3.05) is 30.7 Å². The second-order valence-electron chi connectivity index (χ2n) is 10.5. The summed E-state index contributed by atoms with van der Waals surface area (Å²) in [6.45, 7) is 3.46. The summed E-state index contributed by atoms with van der Waals surface area (Å²) in [5.41, 5.74) is 10.9. The van der Waals surface area contributed by atoms with Crippen LogP contribution in [-0.2, 0) is 33.9 Å². The number of aromatic nitrogens is 2. The predicted molar refractivity (Wildman–Crippen MR) is 168 cm³/mol. The van der Waals surface area contributed by atoms with Gasteiger partial charge in [-0.2, -0.15) is 13.5 Å². The predicted octanol–water partition coefficient (Wildman–Crippen LogP) is 0.641. The largest absolute Gasteiger partial charge is 0.489 e. The van der Waals surface area contributed by atoms with Crippen molar-refractivity contribution in [2.24, 2.45) is 10.9 Å². The number of pyridine rings is 1. The van der Waals surface area contributed by atoms with Crippen LogP contribution in [0.25, 0.3) is 11.1 Å². The summed E-state index contributed by atoms with van der Waals surface area (Å²) < 4.78 is 41.0. The van der Waals surface area contributed by atoms with Crippen molar-refractivity contribution in [1.82, 2.24) is 20.3 Å². The number of amides is 2. The van der Waals surface area contributed by atoms with Crippen LogP contribution in [0.15, 0.2) is 53.1 Å². The number of aliphatic carboxylic acids is 1. The first-order valence-electron chi connectivity index (χ1n) is 13.8. The van der Waals surface area contributed by atoms with Crippen molar-refractivity contribution in [3.8, 4) is 16.9 Å². The number of carboxylic acids is 1. The number of carbonyl (C=O) groups excluding carboxylic acids is 2. The van der Waals surface area contributed by atoms with Crippen molar-refractivity contribution in [3.05, 3.63) is 53.7 Å². The molecule has 1 unspecified atom stereocenters. The summed E-state index contributed by atoms with van der Waals surface area (Å²) in [6, 6.07) is 9.24. The molecule has 1 saturated heterocycles. The number of nitrogens with one attached hydrogen (secondary N) is 2. The van der Waals surface area contributed by atoms with Crippen LogP contribution in [0.2, 0.25) is 0 Å². The number of oxime groups is 1. The first-order valence-corrected chi connectivity index (χ1v) is 16.1. The van der Waals surface area contributed by atoms with Crippen LogP contribution < -0.4 is 26.8 Å². The first kappa shape index (κ1) is 35.0. The Morgan fingerprint density at radius 1 is 1.21 bits per heavy atom. The molecule has 1 aliphatic heterocycles. The lowest BCUT2D eigenvalue weighted by atomic mass is 9.84. The van der Waals surface area contributed by atoms with Gasteiger partial charge >= 0.3 is 16.4 Å². The van der Waals surface area contributed by atoms with E-state index in [0.29, 0.717) is 29.7 Å². The number of hydrogen-bond acceptors (Lipinski definition) is 15. The van der Waals surface area contributed by atoms with Gasteiger partial charge in [0.25, 0.3) is 17.9 Å². The highest BCUT2D eigenvalue weighted by Crippen LogP contribution is 2.33. The van der Waals surface area contributed by atoms with Crippen LogP contribution in [0.3, 0.4) is 0 Å². The molecule has 1 aromatic carbocycles. The molecule has 0 bridgehead atoms. The lowest BCUT2D eigenvalue weighted by Crippen LogP contribution is -2.76. The number of ether oxygens (including phenoxy) is 1. The summed E-state index contributed by atoms with van der Waals surface area (Å²) in [4.78, 5) is 51.1. The lowest BCUT2D eigenvalue weighted by molar-refractivity contribution is -0.218. The van der Waals surface area contributed by atoms with Gasteiger partial charge in [-0.25, -0.2) is 14.8 Å². The molecular formula is C27H32N8O10S2. The van der Waals surface area contributed by atoms with Gasteiger partial charge in [-0.05, 0) is 62.2 Å². The first-order chi connectivity index (χ1) is 22.2. The van der Waals surface area contributed by atoms with Crippen LogP contribution in [0, 0.1) is 0 Å². The average Bonchev–Trinajstić information content (AvgIpc) is 3.45. The molecule has 2 atom stereocenters. The van der Waals surface area contributed by atoms with E-state index >= 15 is 0 Å². The standard InChI is InChI=1S/C27H32N8O10S2/c1-27(2)22(24(37)35(27)45-47(40,41)42)33-23(36)21(18-14-46-26(29)32-18)34-44-19(25(38)39)13-43-17-6-4-15(5-7-17)16-8-11-31-20(12-16)30-10-3-9-28/h4-8,11-12,14,19,22H,3,9-10,13,28H2,1-2H3,(H2,29,32)(H,30,31)(H,33,36)(H,38,39)(H,40,41,42)/b34-21-/t19-,22?/m0/s1. The maximum atomic E-state index is 13.2. The third-order valence-electron chi connectivity index (χ3n) is 6.68. The third-order valence-corrected chi connectivity index (χ3v) is 7.69. The summed E-state index contributed by atoms with van der Waals surface area (Å²) in [6.07, 6.45) is 0.789. The van der Waals surface area contributed by atoms with Gasteiger partial charge in [0, 0.05) is 18.1 Å². The number of anilines is 2. The highest BCUT2D eigenvalue weighted by molar-refractivity contribution is 7.80. The van der Waals surface area contributed by atoms with E-state index in [2.05, 4.69) is 30.0 Å². The lowest BCUT2D eigenvalue weighted by Gasteiger charge is -2.50. The van der Waals surface area contributed by atoms with E-state index in [1.165, 1.54) is 19.2 Å². The number of hydroxylamine groups is 2. The molecule has 0 radical (unpaired) electrons. The zero-order valence-electron chi connectivity index (χ0n) is 25.0. The fourth-order valence-electron chi connectivity index (χ4n) is 4.22. The van der Waals surface area contributed by atoms with Crippen LogP contribution in [-0.4, -0.2) is 94.0 Å². The molecule has 0 aliphatic carbocycles. The highest BCUT2D eigenvalue weighted by atomic mass is 32.3. The zero-order valence-corrected chi connectivity index (χ0v) is 26.7. The molecule has 2 aromatic heterocycles. The van der Waals surface area contributed by atoms with Gasteiger partial charge in [0.2, 0.25) is 0 Å². The van der Waals surface area contributed by atoms with Gasteiger partial charge in [-0.1, -0.05) is 17.3 Å². The molecule has 4 rings (SSSR count). The Kier molecular flexibility index (Phi) is 10.9. The van der Waals surface area contributed by atoms with Crippen molar-refractivity contribution in [3.63, 3.8) is 0 Å². The second-order valence-corrected chi connectivity index (χ2v) is 12.4. The maximum absolute atomic E-state index is 13.2. The number of nitrogens with two attached hydrogens (primary N) is 2. The summed E-state index contributed by atoms with van der Waals surface area (Å²) in [5, 5.41) is 20.8. The molecule has 3 aromatic rings. The van der Waals surface area contributed by atoms with Crippen molar-refractivity contribution >= 4 is 56.2 Å². The summed E-state index contributed by atoms with van der Waals surface area (Å²) in [5.74, 6) is -2.45. The fraction of sp³-hybridized carbons (Fsp3) is 0.333. The molecule has 252 valence electrons. The van der Waals surface area contributed by atoms with Crippen LogP contribution in [0.4, 0.5) is 10.9 Å². The highest BCUT2D eigenvalue weighted by Gasteiger charge is 2.58. The van der Waals surface area contributed by atoms with Gasteiger partial charge in [-0.3, -0.25) is 14.1 Å². The minimum atomic E-state index is -5.02. The second kappa shape index (κ2) is 14.7.